The summed E-state index contributed by atoms with van der Waals surface area (Å²) in [5.74, 6) is 1.70. The summed E-state index contributed by atoms with van der Waals surface area (Å²) < 4.78 is 16.6. The van der Waals surface area contributed by atoms with Crippen LogP contribution in [0.4, 0.5) is 0 Å². The molecule has 0 aliphatic carbocycles. The van der Waals surface area contributed by atoms with Crippen LogP contribution in [0.3, 0.4) is 0 Å². The highest BCUT2D eigenvalue weighted by atomic mass is 16.5. The third-order valence-electron chi connectivity index (χ3n) is 4.07. The monoisotopic (exact) mass is 338 g/mol. The first kappa shape index (κ1) is 18.8. The van der Waals surface area contributed by atoms with Gasteiger partial charge in [0.1, 0.15) is 11.5 Å². The number of methoxy groups -OCH3 is 2. The Morgan fingerprint density at radius 3 is 1.36 bits per heavy atom. The lowest BCUT2D eigenvalue weighted by Gasteiger charge is -2.21. The quantitative estimate of drug-likeness (QED) is 0.592. The topological polar surface area (TPSA) is 27.7 Å². The molecule has 0 saturated carbocycles. The molecular formula is C22H26O3. The van der Waals surface area contributed by atoms with E-state index in [1.807, 2.05) is 60.7 Å². The molecule has 3 heteroatoms. The van der Waals surface area contributed by atoms with Gasteiger partial charge >= 0.3 is 0 Å². The molecule has 0 N–H and O–H groups in total. The lowest BCUT2D eigenvalue weighted by atomic mass is 10.1. The van der Waals surface area contributed by atoms with E-state index in [1.54, 1.807) is 14.2 Å². The highest BCUT2D eigenvalue weighted by Gasteiger charge is 2.13. The van der Waals surface area contributed by atoms with Crippen molar-refractivity contribution < 1.29 is 14.2 Å². The van der Waals surface area contributed by atoms with Crippen molar-refractivity contribution in [2.75, 3.05) is 14.2 Å². The fourth-order valence-corrected chi connectivity index (χ4v) is 2.59. The van der Waals surface area contributed by atoms with E-state index >= 15 is 0 Å². The fraction of sp³-hybridized carbons (Fsp3) is 0.273. The zero-order valence-corrected chi connectivity index (χ0v) is 15.0. The smallest absolute Gasteiger partial charge is 0.118 e. The van der Waals surface area contributed by atoms with Gasteiger partial charge < -0.3 is 14.2 Å². The average Bonchev–Trinajstić information content (AvgIpc) is 2.67. The minimum absolute atomic E-state index is 0.0744. The van der Waals surface area contributed by atoms with Gasteiger partial charge in [-0.2, -0.15) is 0 Å². The van der Waals surface area contributed by atoms with Crippen molar-refractivity contribution in [3.05, 3.63) is 85.0 Å². The van der Waals surface area contributed by atoms with Crippen LogP contribution in [-0.4, -0.2) is 26.4 Å². The Balaban J connectivity index is 1.96. The van der Waals surface area contributed by atoms with E-state index in [0.29, 0.717) is 0 Å². The maximum atomic E-state index is 6.17. The second kappa shape index (κ2) is 9.70. The van der Waals surface area contributed by atoms with Gasteiger partial charge in [-0.15, -0.1) is 13.2 Å². The van der Waals surface area contributed by atoms with Crippen LogP contribution >= 0.6 is 0 Å². The molecule has 0 aromatic heterocycles. The normalized spacial score (nSPS) is 12.9. The number of hydrogen-bond donors (Lipinski definition) is 0. The molecule has 0 saturated heterocycles. The summed E-state index contributed by atoms with van der Waals surface area (Å²) >= 11 is 0. The molecule has 2 atom stereocenters. The van der Waals surface area contributed by atoms with Gasteiger partial charge in [-0.1, -0.05) is 36.4 Å². The Bertz CT molecular complexity index is 599. The summed E-state index contributed by atoms with van der Waals surface area (Å²) in [7, 11) is 3.33. The first-order valence-electron chi connectivity index (χ1n) is 8.35. The highest BCUT2D eigenvalue weighted by Crippen LogP contribution is 2.18. The van der Waals surface area contributed by atoms with Crippen molar-refractivity contribution in [3.8, 4) is 11.5 Å². The van der Waals surface area contributed by atoms with Crippen molar-refractivity contribution >= 4 is 0 Å². The molecule has 0 spiro atoms. The molecular weight excluding hydrogens is 312 g/mol. The van der Waals surface area contributed by atoms with Crippen LogP contribution in [0.5, 0.6) is 11.5 Å². The van der Waals surface area contributed by atoms with Crippen LogP contribution in [0.1, 0.15) is 11.1 Å². The van der Waals surface area contributed by atoms with Crippen LogP contribution in [0.25, 0.3) is 0 Å². The second-order valence-electron chi connectivity index (χ2n) is 5.79. The maximum Gasteiger partial charge on any atom is 0.118 e. The second-order valence-corrected chi connectivity index (χ2v) is 5.79. The van der Waals surface area contributed by atoms with Gasteiger partial charge in [0.05, 0.1) is 26.4 Å². The molecule has 3 nitrogen and oxygen atoms in total. The van der Waals surface area contributed by atoms with Crippen LogP contribution in [-0.2, 0) is 17.6 Å². The van der Waals surface area contributed by atoms with Gasteiger partial charge in [-0.25, -0.2) is 0 Å². The molecule has 0 fully saturated rings. The first-order chi connectivity index (χ1) is 12.2. The molecule has 2 aromatic carbocycles. The number of benzene rings is 2. The summed E-state index contributed by atoms with van der Waals surface area (Å²) in [4.78, 5) is 0. The van der Waals surface area contributed by atoms with Crippen LogP contribution < -0.4 is 9.47 Å². The fourth-order valence-electron chi connectivity index (χ4n) is 2.59. The predicted octanol–water partition coefficient (Wildman–Crippen LogP) is 4.61. The van der Waals surface area contributed by atoms with Crippen molar-refractivity contribution in [2.45, 2.75) is 25.0 Å². The molecule has 0 aliphatic rings. The Kier molecular flexibility index (Phi) is 7.30. The molecule has 0 amide bonds. The average molecular weight is 338 g/mol. The van der Waals surface area contributed by atoms with Crippen molar-refractivity contribution in [2.24, 2.45) is 0 Å². The summed E-state index contributed by atoms with van der Waals surface area (Å²) in [6.07, 6.45) is 5.06. The molecule has 25 heavy (non-hydrogen) atoms. The standard InChI is InChI=1S/C22H26O3/c1-5-19(15-17-7-11-21(23-3)12-8-17)25-20(6-2)16-18-9-13-22(24-4)14-10-18/h5-14,19-20H,1-2,15-16H2,3-4H3. The Morgan fingerprint density at radius 1 is 0.720 bits per heavy atom. The minimum atomic E-state index is -0.0744. The lowest BCUT2D eigenvalue weighted by Crippen LogP contribution is -2.22. The van der Waals surface area contributed by atoms with E-state index in [9.17, 15) is 0 Å². The molecule has 2 rings (SSSR count). The zero-order chi connectivity index (χ0) is 18.1. The van der Waals surface area contributed by atoms with E-state index in [4.69, 9.17) is 14.2 Å². The Hall–Kier alpha value is -2.52. The molecule has 2 unspecified atom stereocenters. The lowest BCUT2D eigenvalue weighted by molar-refractivity contribution is 0.0424. The minimum Gasteiger partial charge on any atom is -0.497 e. The highest BCUT2D eigenvalue weighted by molar-refractivity contribution is 5.29. The SMILES string of the molecule is C=CC(Cc1ccc(OC)cc1)OC(C=C)Cc1ccc(OC)cc1. The molecule has 0 bridgehead atoms. The van der Waals surface area contributed by atoms with E-state index < -0.39 is 0 Å². The van der Waals surface area contributed by atoms with Gasteiger partial charge in [0.25, 0.3) is 0 Å². The van der Waals surface area contributed by atoms with Gasteiger partial charge in [0, 0.05) is 12.8 Å². The van der Waals surface area contributed by atoms with Gasteiger partial charge in [-0.05, 0) is 35.4 Å². The third kappa shape index (κ3) is 5.80. The van der Waals surface area contributed by atoms with Gasteiger partial charge in [-0.3, -0.25) is 0 Å². The molecule has 2 aromatic rings. The van der Waals surface area contributed by atoms with Crippen molar-refractivity contribution in [1.29, 1.82) is 0 Å². The van der Waals surface area contributed by atoms with Crippen molar-refractivity contribution in [3.63, 3.8) is 0 Å². The van der Waals surface area contributed by atoms with E-state index in [2.05, 4.69) is 13.2 Å². The van der Waals surface area contributed by atoms with E-state index in [1.165, 1.54) is 11.1 Å². The summed E-state index contributed by atoms with van der Waals surface area (Å²) in [6, 6.07) is 16.0. The molecule has 0 aliphatic heterocycles. The van der Waals surface area contributed by atoms with Gasteiger partial charge in [0.2, 0.25) is 0 Å². The van der Waals surface area contributed by atoms with Crippen LogP contribution in [0.15, 0.2) is 73.8 Å². The molecule has 132 valence electrons. The van der Waals surface area contributed by atoms with Crippen LogP contribution in [0.2, 0.25) is 0 Å². The first-order valence-corrected chi connectivity index (χ1v) is 8.35. The molecule has 0 heterocycles. The predicted molar refractivity (Wildman–Crippen MR) is 102 cm³/mol. The summed E-state index contributed by atoms with van der Waals surface area (Å²) in [6.45, 7) is 7.81. The number of ether oxygens (including phenoxy) is 3. The van der Waals surface area contributed by atoms with Crippen LogP contribution in [0, 0.1) is 0 Å². The zero-order valence-electron chi connectivity index (χ0n) is 15.0. The summed E-state index contributed by atoms with van der Waals surface area (Å²) in [5, 5.41) is 0. The Labute approximate surface area is 150 Å². The number of rotatable bonds is 10. The number of hydrogen-bond acceptors (Lipinski definition) is 3. The van der Waals surface area contributed by atoms with E-state index in [0.717, 1.165) is 24.3 Å². The van der Waals surface area contributed by atoms with Gasteiger partial charge in [0.15, 0.2) is 0 Å². The Morgan fingerprint density at radius 2 is 1.08 bits per heavy atom. The molecule has 0 radical (unpaired) electrons. The van der Waals surface area contributed by atoms with E-state index in [-0.39, 0.29) is 12.2 Å². The third-order valence-corrected chi connectivity index (χ3v) is 4.07. The summed E-state index contributed by atoms with van der Waals surface area (Å²) in [5.41, 5.74) is 2.36. The largest absolute Gasteiger partial charge is 0.497 e. The van der Waals surface area contributed by atoms with Crippen molar-refractivity contribution in [1.82, 2.24) is 0 Å². The maximum absolute atomic E-state index is 6.17.